The molecule has 0 saturated heterocycles. The van der Waals surface area contributed by atoms with Gasteiger partial charge in [0.05, 0.1) is 0 Å². The molecular formula is C14H23N. The van der Waals surface area contributed by atoms with E-state index in [-0.39, 0.29) is 0 Å². The van der Waals surface area contributed by atoms with Gasteiger partial charge in [-0.1, -0.05) is 38.0 Å². The fraction of sp³-hybridized carbons (Fsp3) is 0.714. The van der Waals surface area contributed by atoms with Crippen LogP contribution < -0.4 is 5.73 Å². The van der Waals surface area contributed by atoms with Gasteiger partial charge in [0, 0.05) is 12.0 Å². The smallest absolute Gasteiger partial charge is 0.00775 e. The quantitative estimate of drug-likeness (QED) is 0.747. The van der Waals surface area contributed by atoms with Crippen molar-refractivity contribution in [1.29, 1.82) is 0 Å². The van der Waals surface area contributed by atoms with Crippen LogP contribution >= 0.6 is 0 Å². The molecule has 15 heavy (non-hydrogen) atoms. The molecule has 2 rings (SSSR count). The Labute approximate surface area is 93.4 Å². The van der Waals surface area contributed by atoms with E-state index in [9.17, 15) is 0 Å². The molecule has 0 radical (unpaired) electrons. The van der Waals surface area contributed by atoms with Crippen LogP contribution in [0.1, 0.15) is 45.4 Å². The Morgan fingerprint density at radius 2 is 2.20 bits per heavy atom. The molecule has 0 aromatic carbocycles. The minimum Gasteiger partial charge on any atom is -0.330 e. The molecule has 84 valence electrons. The normalized spacial score (nSPS) is 34.8. The van der Waals surface area contributed by atoms with Crippen LogP contribution in [0.25, 0.3) is 0 Å². The summed E-state index contributed by atoms with van der Waals surface area (Å²) in [6.45, 7) is 3.12. The van der Waals surface area contributed by atoms with E-state index in [4.69, 9.17) is 5.73 Å². The highest BCUT2D eigenvalue weighted by Gasteiger charge is 2.44. The van der Waals surface area contributed by atoms with E-state index in [1.54, 1.807) is 0 Å². The minimum absolute atomic E-state index is 0.358. The fourth-order valence-electron chi connectivity index (χ4n) is 3.18. The second-order valence-corrected chi connectivity index (χ2v) is 5.19. The molecule has 0 aliphatic heterocycles. The summed E-state index contributed by atoms with van der Waals surface area (Å²) >= 11 is 0. The highest BCUT2D eigenvalue weighted by molar-refractivity contribution is 5.32. The van der Waals surface area contributed by atoms with Crippen LogP contribution in [-0.2, 0) is 0 Å². The summed E-state index contributed by atoms with van der Waals surface area (Å²) in [5, 5.41) is 0. The SMILES string of the molecule is CCCC1CC(CN)(C2=CCCC=C2)C1. The topological polar surface area (TPSA) is 26.0 Å². The van der Waals surface area contributed by atoms with E-state index in [1.165, 1.54) is 44.1 Å². The second kappa shape index (κ2) is 4.52. The molecule has 1 saturated carbocycles. The average Bonchev–Trinajstić information content (AvgIpc) is 2.24. The molecule has 0 bridgehead atoms. The molecule has 0 unspecified atom stereocenters. The summed E-state index contributed by atoms with van der Waals surface area (Å²) in [6, 6.07) is 0. The Bertz CT molecular complexity index is 269. The van der Waals surface area contributed by atoms with Crippen molar-refractivity contribution >= 4 is 0 Å². The third-order valence-corrected chi connectivity index (χ3v) is 4.05. The van der Waals surface area contributed by atoms with Gasteiger partial charge in [-0.3, -0.25) is 0 Å². The van der Waals surface area contributed by atoms with Crippen molar-refractivity contribution in [3.05, 3.63) is 23.8 Å². The van der Waals surface area contributed by atoms with Crippen molar-refractivity contribution in [3.8, 4) is 0 Å². The van der Waals surface area contributed by atoms with E-state index in [0.29, 0.717) is 5.41 Å². The molecule has 2 aliphatic carbocycles. The maximum atomic E-state index is 5.98. The van der Waals surface area contributed by atoms with Crippen molar-refractivity contribution in [2.24, 2.45) is 17.1 Å². The van der Waals surface area contributed by atoms with Crippen LogP contribution in [0.5, 0.6) is 0 Å². The molecule has 0 spiro atoms. The Kier molecular flexibility index (Phi) is 3.30. The van der Waals surface area contributed by atoms with Crippen LogP contribution in [0.4, 0.5) is 0 Å². The summed E-state index contributed by atoms with van der Waals surface area (Å²) in [5.41, 5.74) is 7.87. The van der Waals surface area contributed by atoms with Gasteiger partial charge in [-0.2, -0.15) is 0 Å². The minimum atomic E-state index is 0.358. The first-order chi connectivity index (χ1) is 7.30. The van der Waals surface area contributed by atoms with Gasteiger partial charge in [0.1, 0.15) is 0 Å². The first kappa shape index (κ1) is 10.9. The van der Waals surface area contributed by atoms with Gasteiger partial charge < -0.3 is 5.73 Å². The lowest BCUT2D eigenvalue weighted by molar-refractivity contribution is 0.0990. The highest BCUT2D eigenvalue weighted by Crippen LogP contribution is 2.52. The van der Waals surface area contributed by atoms with Crippen LogP contribution in [0, 0.1) is 11.3 Å². The molecule has 2 N–H and O–H groups in total. The number of nitrogens with two attached hydrogens (primary N) is 1. The zero-order valence-electron chi connectivity index (χ0n) is 9.84. The van der Waals surface area contributed by atoms with Gasteiger partial charge in [0.15, 0.2) is 0 Å². The molecule has 0 heterocycles. The van der Waals surface area contributed by atoms with E-state index in [1.807, 2.05) is 0 Å². The molecule has 2 aliphatic rings. The van der Waals surface area contributed by atoms with Gasteiger partial charge in [-0.15, -0.1) is 0 Å². The van der Waals surface area contributed by atoms with E-state index in [0.717, 1.165) is 12.5 Å². The molecule has 0 aromatic heterocycles. The van der Waals surface area contributed by atoms with Crippen molar-refractivity contribution < 1.29 is 0 Å². The maximum absolute atomic E-state index is 5.98. The first-order valence-corrected chi connectivity index (χ1v) is 6.38. The van der Waals surface area contributed by atoms with E-state index in [2.05, 4.69) is 25.2 Å². The fourth-order valence-corrected chi connectivity index (χ4v) is 3.18. The predicted octanol–water partition coefficient (Wildman–Crippen LogP) is 3.42. The lowest BCUT2D eigenvalue weighted by atomic mass is 9.56. The Hall–Kier alpha value is -0.560. The molecule has 1 fully saturated rings. The van der Waals surface area contributed by atoms with Crippen LogP contribution in [0.3, 0.4) is 0 Å². The largest absolute Gasteiger partial charge is 0.330 e. The van der Waals surface area contributed by atoms with Crippen LogP contribution in [0.2, 0.25) is 0 Å². The molecule has 1 nitrogen and oxygen atoms in total. The third kappa shape index (κ3) is 2.03. The Balaban J connectivity index is 2.00. The van der Waals surface area contributed by atoms with Gasteiger partial charge >= 0.3 is 0 Å². The van der Waals surface area contributed by atoms with Crippen LogP contribution in [0.15, 0.2) is 23.8 Å². The van der Waals surface area contributed by atoms with Crippen molar-refractivity contribution in [2.45, 2.75) is 45.4 Å². The van der Waals surface area contributed by atoms with Crippen molar-refractivity contribution in [2.75, 3.05) is 6.54 Å². The van der Waals surface area contributed by atoms with E-state index >= 15 is 0 Å². The summed E-state index contributed by atoms with van der Waals surface area (Å²) < 4.78 is 0. The zero-order chi connectivity index (χ0) is 10.7. The summed E-state index contributed by atoms with van der Waals surface area (Å²) in [5.74, 6) is 0.940. The van der Waals surface area contributed by atoms with E-state index < -0.39 is 0 Å². The number of hydrogen-bond acceptors (Lipinski definition) is 1. The third-order valence-electron chi connectivity index (χ3n) is 4.05. The molecule has 0 atom stereocenters. The maximum Gasteiger partial charge on any atom is 0.00775 e. The molecule has 0 amide bonds. The molecule has 1 heteroatoms. The standard InChI is InChI=1S/C14H23N/c1-2-6-12-9-14(10-12,11-15)13-7-4-3-5-8-13/h4,7-8,12H,2-3,5-6,9-11,15H2,1H3. The van der Waals surface area contributed by atoms with Crippen molar-refractivity contribution in [1.82, 2.24) is 0 Å². The Morgan fingerprint density at radius 3 is 2.73 bits per heavy atom. The van der Waals surface area contributed by atoms with Gasteiger partial charge in [0.25, 0.3) is 0 Å². The number of rotatable bonds is 4. The first-order valence-electron chi connectivity index (χ1n) is 6.38. The lowest BCUT2D eigenvalue weighted by Crippen LogP contribution is -2.44. The second-order valence-electron chi connectivity index (χ2n) is 5.19. The number of hydrogen-bond donors (Lipinski definition) is 1. The summed E-state index contributed by atoms with van der Waals surface area (Å²) in [6.07, 6.45) is 14.8. The van der Waals surface area contributed by atoms with Crippen molar-refractivity contribution in [3.63, 3.8) is 0 Å². The monoisotopic (exact) mass is 205 g/mol. The Morgan fingerprint density at radius 1 is 1.40 bits per heavy atom. The summed E-state index contributed by atoms with van der Waals surface area (Å²) in [7, 11) is 0. The van der Waals surface area contributed by atoms with Gasteiger partial charge in [-0.25, -0.2) is 0 Å². The molecular weight excluding hydrogens is 182 g/mol. The summed E-state index contributed by atoms with van der Waals surface area (Å²) in [4.78, 5) is 0. The van der Waals surface area contributed by atoms with Crippen LogP contribution in [-0.4, -0.2) is 6.54 Å². The zero-order valence-corrected chi connectivity index (χ0v) is 9.84. The predicted molar refractivity (Wildman–Crippen MR) is 65.6 cm³/mol. The molecule has 0 aromatic rings. The average molecular weight is 205 g/mol. The van der Waals surface area contributed by atoms with Gasteiger partial charge in [0.2, 0.25) is 0 Å². The number of allylic oxidation sites excluding steroid dienone is 3. The van der Waals surface area contributed by atoms with Gasteiger partial charge in [-0.05, 0) is 37.2 Å². The highest BCUT2D eigenvalue weighted by atomic mass is 14.6. The lowest BCUT2D eigenvalue weighted by Gasteiger charge is -2.49.